The molecule has 0 heterocycles. The molecule has 17 nitrogen and oxygen atoms in total. The highest BCUT2D eigenvalue weighted by molar-refractivity contribution is 7.47. The van der Waals surface area contributed by atoms with E-state index in [1.165, 1.54) is 218 Å². The van der Waals surface area contributed by atoms with Gasteiger partial charge in [-0.15, -0.1) is 0 Å². The van der Waals surface area contributed by atoms with Crippen LogP contribution >= 0.6 is 15.6 Å². The van der Waals surface area contributed by atoms with Gasteiger partial charge >= 0.3 is 39.5 Å². The van der Waals surface area contributed by atoms with E-state index in [1.54, 1.807) is 0 Å². The Labute approximate surface area is 613 Å². The van der Waals surface area contributed by atoms with Crippen LogP contribution in [-0.2, 0) is 65.4 Å². The number of ether oxygens (including phenoxy) is 4. The van der Waals surface area contributed by atoms with Crippen molar-refractivity contribution >= 4 is 39.5 Å². The molecule has 594 valence electrons. The number of phosphoric ester groups is 2. The second kappa shape index (κ2) is 70.1. The molecule has 0 bridgehead atoms. The van der Waals surface area contributed by atoms with Crippen LogP contribution in [0.25, 0.3) is 0 Å². The molecule has 2 unspecified atom stereocenters. The molecule has 5 atom stereocenters. The Kier molecular flexibility index (Phi) is 68.7. The number of hydrogen-bond donors (Lipinski definition) is 3. The molecule has 19 heteroatoms. The number of esters is 4. The third-order valence-corrected chi connectivity index (χ3v) is 20.7. The predicted molar refractivity (Wildman–Crippen MR) is 409 cm³/mol. The summed E-state index contributed by atoms with van der Waals surface area (Å²) in [4.78, 5) is 73.0. The monoisotopic (exact) mass is 1470 g/mol. The number of carbonyl (C=O) groups is 4. The van der Waals surface area contributed by atoms with Crippen LogP contribution in [0.5, 0.6) is 0 Å². The summed E-state index contributed by atoms with van der Waals surface area (Å²) in [5.41, 5.74) is 0. The number of unbranched alkanes of at least 4 members (excludes halogenated alkanes) is 44. The molecule has 0 aliphatic heterocycles. The lowest BCUT2D eigenvalue weighted by Gasteiger charge is -2.21. The summed E-state index contributed by atoms with van der Waals surface area (Å²) in [6.07, 6.45) is 56.9. The molecule has 3 N–H and O–H groups in total. The Bertz CT molecular complexity index is 1950. The lowest BCUT2D eigenvalue weighted by Crippen LogP contribution is -2.30. The molecule has 0 spiro atoms. The van der Waals surface area contributed by atoms with Gasteiger partial charge in [0.25, 0.3) is 0 Å². The van der Waals surface area contributed by atoms with Crippen molar-refractivity contribution in [2.45, 2.75) is 433 Å². The van der Waals surface area contributed by atoms with Crippen molar-refractivity contribution < 1.29 is 80.2 Å². The fourth-order valence-electron chi connectivity index (χ4n) is 12.4. The molecule has 0 saturated heterocycles. The zero-order valence-electron chi connectivity index (χ0n) is 65.8. The van der Waals surface area contributed by atoms with Crippen molar-refractivity contribution in [3.05, 3.63) is 0 Å². The van der Waals surface area contributed by atoms with E-state index < -0.39 is 97.5 Å². The fraction of sp³-hybridized carbons (Fsp3) is 0.951. The van der Waals surface area contributed by atoms with Gasteiger partial charge in [0.1, 0.15) is 19.3 Å². The van der Waals surface area contributed by atoms with E-state index in [2.05, 4.69) is 55.4 Å². The van der Waals surface area contributed by atoms with Crippen molar-refractivity contribution in [3.8, 4) is 0 Å². The highest BCUT2D eigenvalue weighted by atomic mass is 31.2. The van der Waals surface area contributed by atoms with Gasteiger partial charge in [0, 0.05) is 25.7 Å². The largest absolute Gasteiger partial charge is 0.472 e. The third-order valence-electron chi connectivity index (χ3n) is 18.8. The molecule has 0 saturated carbocycles. The van der Waals surface area contributed by atoms with E-state index in [0.29, 0.717) is 25.7 Å². The zero-order chi connectivity index (χ0) is 73.8. The van der Waals surface area contributed by atoms with Crippen molar-refractivity contribution in [2.75, 3.05) is 39.6 Å². The minimum absolute atomic E-state index is 0.106. The summed E-state index contributed by atoms with van der Waals surface area (Å²) in [6.45, 7) is 14.3. The van der Waals surface area contributed by atoms with Gasteiger partial charge in [-0.25, -0.2) is 9.13 Å². The summed E-state index contributed by atoms with van der Waals surface area (Å²) in [5, 5.41) is 10.6. The summed E-state index contributed by atoms with van der Waals surface area (Å²) < 4.78 is 68.7. The van der Waals surface area contributed by atoms with Gasteiger partial charge in [-0.05, 0) is 49.4 Å². The zero-order valence-corrected chi connectivity index (χ0v) is 67.6. The summed E-state index contributed by atoms with van der Waals surface area (Å²) in [6, 6.07) is 0. The van der Waals surface area contributed by atoms with Crippen molar-refractivity contribution in [2.24, 2.45) is 23.7 Å². The summed E-state index contributed by atoms with van der Waals surface area (Å²) >= 11 is 0. The van der Waals surface area contributed by atoms with Gasteiger partial charge in [0.2, 0.25) is 0 Å². The predicted octanol–water partition coefficient (Wildman–Crippen LogP) is 24.0. The minimum atomic E-state index is -4.96. The number of aliphatic hydroxyl groups is 1. The molecular formula is C81H158O17P2. The molecule has 0 aromatic rings. The lowest BCUT2D eigenvalue weighted by atomic mass is 10.0. The smallest absolute Gasteiger partial charge is 0.462 e. The van der Waals surface area contributed by atoms with Gasteiger partial charge in [-0.1, -0.05) is 364 Å². The number of phosphoric acid groups is 2. The molecule has 100 heavy (non-hydrogen) atoms. The van der Waals surface area contributed by atoms with E-state index in [9.17, 15) is 43.2 Å². The summed E-state index contributed by atoms with van der Waals surface area (Å²) in [5.74, 6) is 0.980. The van der Waals surface area contributed by atoms with Gasteiger partial charge in [-0.3, -0.25) is 37.3 Å². The van der Waals surface area contributed by atoms with Crippen LogP contribution in [-0.4, -0.2) is 96.7 Å². The molecule has 0 fully saturated rings. The third kappa shape index (κ3) is 74.3. The molecular weight excluding hydrogens is 1310 g/mol. The average molecular weight is 1470 g/mol. The first-order valence-corrected chi connectivity index (χ1v) is 44.7. The van der Waals surface area contributed by atoms with Crippen LogP contribution in [0.3, 0.4) is 0 Å². The topological polar surface area (TPSA) is 237 Å². The number of aliphatic hydroxyl groups excluding tert-OH is 1. The molecule has 0 amide bonds. The maximum atomic E-state index is 13.1. The van der Waals surface area contributed by atoms with Crippen LogP contribution in [0, 0.1) is 23.7 Å². The van der Waals surface area contributed by atoms with Crippen LogP contribution in [0.1, 0.15) is 415 Å². The molecule has 0 aliphatic carbocycles. The van der Waals surface area contributed by atoms with Crippen LogP contribution in [0.4, 0.5) is 0 Å². The highest BCUT2D eigenvalue weighted by Crippen LogP contribution is 2.45. The quantitative estimate of drug-likeness (QED) is 0.0222. The number of hydrogen-bond acceptors (Lipinski definition) is 15. The maximum Gasteiger partial charge on any atom is 0.472 e. The molecule has 0 aromatic carbocycles. The van der Waals surface area contributed by atoms with E-state index in [4.69, 9.17) is 37.0 Å². The minimum Gasteiger partial charge on any atom is -0.462 e. The first-order valence-electron chi connectivity index (χ1n) is 41.7. The van der Waals surface area contributed by atoms with Crippen LogP contribution in [0.15, 0.2) is 0 Å². The number of carbonyl (C=O) groups excluding carboxylic acids is 4. The Hall–Kier alpha value is -1.94. The van der Waals surface area contributed by atoms with Crippen LogP contribution in [0.2, 0.25) is 0 Å². The van der Waals surface area contributed by atoms with E-state index in [-0.39, 0.29) is 25.7 Å². The first kappa shape index (κ1) is 98.1. The Morgan fingerprint density at radius 2 is 0.420 bits per heavy atom. The van der Waals surface area contributed by atoms with E-state index in [0.717, 1.165) is 114 Å². The standard InChI is InChI=1S/C81H158O17P2/c1-71(2)57-49-41-33-25-19-13-11-9-10-12-14-23-29-39-47-55-63-80(85)97-76(67-91-78(83)61-53-45-37-28-22-17-15-20-26-34-42-50-58-72(3)4)69-95-99(87,88)93-65-75(82)66-94-100(89,90)96-70-77(68-92-79(84)62-54-46-38-32-31-36-44-52-60-74(7)8)98-81(86)64-56-48-40-30-24-18-16-21-27-35-43-51-59-73(5)6/h71-77,82H,9-70H2,1-8H3,(H,87,88)(H,89,90)/t75-,76-,77-/m1/s1. The highest BCUT2D eigenvalue weighted by Gasteiger charge is 2.30. The molecule has 0 aromatic heterocycles. The van der Waals surface area contributed by atoms with Gasteiger partial charge < -0.3 is 33.8 Å². The Morgan fingerprint density at radius 3 is 0.620 bits per heavy atom. The SMILES string of the molecule is CC(C)CCCCCCCCCCCCCCCCCCC(=O)O[C@H](COC(=O)CCCCCCCCCCCCCCC(C)C)COP(=O)(O)OC[C@@H](O)COP(=O)(O)OC[C@@H](COC(=O)CCCCCCCCCCC(C)C)OC(=O)CCCCCCCCCCCCCCC(C)C. The van der Waals surface area contributed by atoms with Crippen molar-refractivity contribution in [1.29, 1.82) is 0 Å². The van der Waals surface area contributed by atoms with Gasteiger partial charge in [0.15, 0.2) is 12.2 Å². The lowest BCUT2D eigenvalue weighted by molar-refractivity contribution is -0.161. The van der Waals surface area contributed by atoms with E-state index in [1.807, 2.05) is 0 Å². The van der Waals surface area contributed by atoms with Gasteiger partial charge in [-0.2, -0.15) is 0 Å². The summed E-state index contributed by atoms with van der Waals surface area (Å²) in [7, 11) is -9.92. The average Bonchev–Trinajstić information content (AvgIpc) is 0.911. The molecule has 0 radical (unpaired) electrons. The molecule has 0 rings (SSSR count). The normalized spacial score (nSPS) is 14.0. The Morgan fingerprint density at radius 1 is 0.250 bits per heavy atom. The maximum absolute atomic E-state index is 13.1. The van der Waals surface area contributed by atoms with Crippen LogP contribution < -0.4 is 0 Å². The Balaban J connectivity index is 5.26. The second-order valence-corrected chi connectivity index (χ2v) is 34.0. The number of rotatable bonds is 78. The van der Waals surface area contributed by atoms with Gasteiger partial charge in [0.05, 0.1) is 26.4 Å². The first-order chi connectivity index (χ1) is 48.1. The van der Waals surface area contributed by atoms with Crippen molar-refractivity contribution in [3.63, 3.8) is 0 Å². The fourth-order valence-corrected chi connectivity index (χ4v) is 14.0. The van der Waals surface area contributed by atoms with Crippen molar-refractivity contribution in [1.82, 2.24) is 0 Å². The molecule has 0 aliphatic rings. The second-order valence-electron chi connectivity index (χ2n) is 31.1. The van der Waals surface area contributed by atoms with E-state index >= 15 is 0 Å².